The van der Waals surface area contributed by atoms with Crippen molar-refractivity contribution in [1.82, 2.24) is 15.5 Å². The van der Waals surface area contributed by atoms with Gasteiger partial charge in [-0.2, -0.15) is 0 Å². The molecule has 5 aliphatic rings. The molecule has 4 N–H and O–H groups in total. The topological polar surface area (TPSA) is 120 Å². The molecule has 5 atom stereocenters. The predicted molar refractivity (Wildman–Crippen MR) is 108 cm³/mol. The Morgan fingerprint density at radius 3 is 2.84 bits per heavy atom. The van der Waals surface area contributed by atoms with Crippen molar-refractivity contribution in [2.24, 2.45) is 5.92 Å². The van der Waals surface area contributed by atoms with Crippen molar-refractivity contribution in [2.75, 3.05) is 26.7 Å². The Balaban J connectivity index is 1.61. The van der Waals surface area contributed by atoms with Crippen LogP contribution in [-0.4, -0.2) is 71.5 Å². The third-order valence-electron chi connectivity index (χ3n) is 8.03. The van der Waals surface area contributed by atoms with Crippen molar-refractivity contribution in [3.63, 3.8) is 0 Å². The summed E-state index contributed by atoms with van der Waals surface area (Å²) in [6, 6.07) is 2.34. The van der Waals surface area contributed by atoms with Crippen molar-refractivity contribution < 1.29 is 29.3 Å². The second-order valence-corrected chi connectivity index (χ2v) is 9.53. The third-order valence-corrected chi connectivity index (χ3v) is 8.03. The number of hydrogen-bond acceptors (Lipinski definition) is 7. The summed E-state index contributed by atoms with van der Waals surface area (Å²) >= 11 is 0. The SMILES string of the molecule is COc1ccc2c3c1OC1C(=O)NC(=O)NCC[C@@]4(O)[C@@H]([C@@H]2O)N(CC2CC2)CC[C@]314. The lowest BCUT2D eigenvalue weighted by Crippen LogP contribution is -2.76. The first-order chi connectivity index (χ1) is 14.9. The molecule has 31 heavy (non-hydrogen) atoms. The van der Waals surface area contributed by atoms with Crippen LogP contribution < -0.4 is 20.1 Å². The maximum absolute atomic E-state index is 13.2. The number of hydrogen-bond donors (Lipinski definition) is 4. The van der Waals surface area contributed by atoms with E-state index in [4.69, 9.17) is 9.47 Å². The molecule has 166 valence electrons. The first kappa shape index (κ1) is 19.3. The van der Waals surface area contributed by atoms with Gasteiger partial charge in [0.15, 0.2) is 17.6 Å². The van der Waals surface area contributed by atoms with Crippen LogP contribution in [0.1, 0.15) is 42.9 Å². The fraction of sp³-hybridized carbons (Fsp3) is 0.636. The number of carbonyl (C=O) groups excluding carboxylic acids is 2. The molecular formula is C22H27N3O6. The normalized spacial score (nSPS) is 38.7. The van der Waals surface area contributed by atoms with Crippen molar-refractivity contribution >= 4 is 11.9 Å². The molecule has 1 saturated carbocycles. The molecule has 2 saturated heterocycles. The van der Waals surface area contributed by atoms with E-state index in [9.17, 15) is 19.8 Å². The summed E-state index contributed by atoms with van der Waals surface area (Å²) < 4.78 is 11.7. The van der Waals surface area contributed by atoms with Crippen LogP contribution in [0.3, 0.4) is 0 Å². The highest BCUT2D eigenvalue weighted by atomic mass is 16.5. The quantitative estimate of drug-likeness (QED) is 0.541. The molecule has 3 amide bonds. The Morgan fingerprint density at radius 1 is 1.29 bits per heavy atom. The minimum absolute atomic E-state index is 0.180. The van der Waals surface area contributed by atoms with E-state index >= 15 is 0 Å². The van der Waals surface area contributed by atoms with Gasteiger partial charge in [0.2, 0.25) is 0 Å². The van der Waals surface area contributed by atoms with Crippen LogP contribution in [0.4, 0.5) is 4.79 Å². The summed E-state index contributed by atoms with van der Waals surface area (Å²) in [5, 5.41) is 29.0. The van der Waals surface area contributed by atoms with Crippen molar-refractivity contribution in [3.8, 4) is 11.5 Å². The highest BCUT2D eigenvalue weighted by molar-refractivity contribution is 5.99. The first-order valence-corrected chi connectivity index (χ1v) is 11.0. The number of nitrogens with one attached hydrogen (secondary N) is 2. The van der Waals surface area contributed by atoms with Crippen LogP contribution >= 0.6 is 0 Å². The summed E-state index contributed by atoms with van der Waals surface area (Å²) in [6.45, 7) is 1.62. The number of aliphatic hydroxyl groups is 2. The summed E-state index contributed by atoms with van der Waals surface area (Å²) in [4.78, 5) is 27.6. The predicted octanol–water partition coefficient (Wildman–Crippen LogP) is 0.186. The fourth-order valence-electron chi connectivity index (χ4n) is 6.56. The lowest BCUT2D eigenvalue weighted by molar-refractivity contribution is -0.199. The molecule has 9 nitrogen and oxygen atoms in total. The highest BCUT2D eigenvalue weighted by Gasteiger charge is 2.73. The standard InChI is InChI=1S/C22H27N3O6/c1-30-13-5-4-12-14-16(13)31-18-19(27)24-20(28)23-8-6-22(29)17(15(12)26)25(10-11-2-3-11)9-7-21(14,18)22/h4-5,11,15,17-18,26,29H,2-3,6-10H2,1H3,(H2,23,24,27,28)/t15-,17-,18?,21+,22-/m1/s1. The second-order valence-electron chi connectivity index (χ2n) is 9.53. The molecule has 1 aromatic carbocycles. The van der Waals surface area contributed by atoms with Gasteiger partial charge >= 0.3 is 6.03 Å². The van der Waals surface area contributed by atoms with E-state index in [1.165, 1.54) is 7.11 Å². The molecule has 1 aromatic rings. The minimum Gasteiger partial charge on any atom is -0.493 e. The Kier molecular flexibility index (Phi) is 3.95. The summed E-state index contributed by atoms with van der Waals surface area (Å²) in [6.07, 6.45) is 0.963. The molecule has 0 radical (unpaired) electrons. The number of urea groups is 1. The zero-order valence-corrected chi connectivity index (χ0v) is 17.4. The van der Waals surface area contributed by atoms with Gasteiger partial charge in [-0.1, -0.05) is 6.07 Å². The Morgan fingerprint density at radius 2 is 2.10 bits per heavy atom. The largest absolute Gasteiger partial charge is 0.493 e. The number of aliphatic hydroxyl groups excluding tert-OH is 1. The fourth-order valence-corrected chi connectivity index (χ4v) is 6.56. The van der Waals surface area contributed by atoms with Crippen LogP contribution in [0.25, 0.3) is 0 Å². The first-order valence-electron chi connectivity index (χ1n) is 11.0. The molecular weight excluding hydrogens is 402 g/mol. The van der Waals surface area contributed by atoms with Gasteiger partial charge in [0.1, 0.15) is 0 Å². The number of rotatable bonds is 3. The van der Waals surface area contributed by atoms with Crippen LogP contribution in [-0.2, 0) is 10.2 Å². The molecule has 1 unspecified atom stereocenters. The van der Waals surface area contributed by atoms with Gasteiger partial charge in [0.25, 0.3) is 5.91 Å². The van der Waals surface area contributed by atoms with E-state index in [0.29, 0.717) is 41.5 Å². The van der Waals surface area contributed by atoms with E-state index in [1.54, 1.807) is 6.07 Å². The van der Waals surface area contributed by atoms with E-state index < -0.39 is 41.2 Å². The van der Waals surface area contributed by atoms with E-state index in [-0.39, 0.29) is 13.0 Å². The molecule has 3 heterocycles. The molecule has 3 aliphatic heterocycles. The van der Waals surface area contributed by atoms with Crippen LogP contribution in [0.5, 0.6) is 11.5 Å². The minimum atomic E-state index is -1.47. The maximum Gasteiger partial charge on any atom is 0.321 e. The zero-order valence-electron chi connectivity index (χ0n) is 17.4. The summed E-state index contributed by atoms with van der Waals surface area (Å²) in [7, 11) is 1.52. The number of methoxy groups -OCH3 is 1. The summed E-state index contributed by atoms with van der Waals surface area (Å²) in [5.41, 5.74) is -1.23. The molecule has 1 spiro atoms. The Hall–Kier alpha value is -2.36. The molecule has 6 rings (SSSR count). The molecule has 2 aliphatic carbocycles. The number of amides is 3. The van der Waals surface area contributed by atoms with Crippen molar-refractivity contribution in [3.05, 3.63) is 23.3 Å². The number of likely N-dealkylation sites (tertiary alicyclic amines) is 1. The number of ether oxygens (including phenoxy) is 2. The van der Waals surface area contributed by atoms with E-state index in [1.807, 2.05) is 6.07 Å². The lowest BCUT2D eigenvalue weighted by Gasteiger charge is -2.62. The van der Waals surface area contributed by atoms with E-state index in [2.05, 4.69) is 15.5 Å². The molecule has 2 bridgehead atoms. The number of carbonyl (C=O) groups is 2. The Bertz CT molecular complexity index is 980. The average molecular weight is 429 g/mol. The maximum atomic E-state index is 13.2. The van der Waals surface area contributed by atoms with Crippen LogP contribution in [0.2, 0.25) is 0 Å². The summed E-state index contributed by atoms with van der Waals surface area (Å²) in [5.74, 6) is 0.816. The lowest BCUT2D eigenvalue weighted by atomic mass is 9.51. The van der Waals surface area contributed by atoms with Crippen LogP contribution in [0, 0.1) is 5.92 Å². The smallest absolute Gasteiger partial charge is 0.321 e. The van der Waals surface area contributed by atoms with Gasteiger partial charge in [-0.05, 0) is 49.8 Å². The van der Waals surface area contributed by atoms with Crippen LogP contribution in [0.15, 0.2) is 12.1 Å². The van der Waals surface area contributed by atoms with E-state index in [0.717, 1.165) is 19.4 Å². The van der Waals surface area contributed by atoms with Gasteiger partial charge < -0.3 is 25.0 Å². The average Bonchev–Trinajstić information content (AvgIpc) is 3.47. The number of benzene rings is 1. The second kappa shape index (κ2) is 6.34. The number of piperidine rings is 1. The molecule has 3 fully saturated rings. The highest BCUT2D eigenvalue weighted by Crippen LogP contribution is 2.65. The number of imide groups is 1. The van der Waals surface area contributed by atoms with Gasteiger partial charge in [-0.3, -0.25) is 15.0 Å². The molecule has 0 aromatic heterocycles. The zero-order chi connectivity index (χ0) is 21.5. The monoisotopic (exact) mass is 429 g/mol. The Labute approximate surface area is 179 Å². The van der Waals surface area contributed by atoms with Gasteiger partial charge in [-0.15, -0.1) is 0 Å². The van der Waals surface area contributed by atoms with Crippen molar-refractivity contribution in [1.29, 1.82) is 0 Å². The third kappa shape index (κ3) is 2.37. The van der Waals surface area contributed by atoms with Crippen molar-refractivity contribution in [2.45, 2.75) is 54.9 Å². The molecule has 9 heteroatoms. The van der Waals surface area contributed by atoms with Gasteiger partial charge in [-0.25, -0.2) is 4.79 Å². The number of nitrogens with zero attached hydrogens (tertiary/aromatic N) is 1. The van der Waals surface area contributed by atoms with Gasteiger partial charge in [0, 0.05) is 18.7 Å². The van der Waals surface area contributed by atoms with Gasteiger partial charge in [0.05, 0.1) is 30.3 Å².